The average molecular weight is 1160 g/mol. The number of hydrogen-bond acceptors (Lipinski definition) is 1. The second-order valence-electron chi connectivity index (χ2n) is 17.2. The molecule has 14 heteroatoms. The third-order valence-electron chi connectivity index (χ3n) is 14.3. The van der Waals surface area contributed by atoms with E-state index < -0.39 is 36.3 Å². The van der Waals surface area contributed by atoms with Crippen LogP contribution in [0.25, 0.3) is 11.1 Å². The van der Waals surface area contributed by atoms with Gasteiger partial charge in [0, 0.05) is 13.2 Å². The molecule has 6 fully saturated rings. The zero-order valence-corrected chi connectivity index (χ0v) is 50.8. The molecule has 8 unspecified atom stereocenters. The maximum atomic E-state index is 5.04. The Labute approximate surface area is 470 Å². The van der Waals surface area contributed by atoms with Crippen LogP contribution in [0.3, 0.4) is 0 Å². The molecule has 7 aliphatic carbocycles. The van der Waals surface area contributed by atoms with Crippen LogP contribution in [0.15, 0.2) is 42.5 Å². The van der Waals surface area contributed by atoms with Gasteiger partial charge in [-0.3, -0.25) is 0 Å². The Hall–Kier alpha value is 4.41. The molecule has 9 rings (SSSR count). The minimum Gasteiger partial charge on any atom is -1.00 e. The molecule has 7 aliphatic rings. The molecule has 0 aliphatic heterocycles. The molecule has 0 aromatic heterocycles. The summed E-state index contributed by atoms with van der Waals surface area (Å²) in [5, 5.41) is 0. The van der Waals surface area contributed by atoms with Crippen molar-refractivity contribution >= 4 is 63.5 Å². The zero-order valence-electron chi connectivity index (χ0n) is 40.8. The summed E-state index contributed by atoms with van der Waals surface area (Å²) in [5.74, 6) is 9.28. The van der Waals surface area contributed by atoms with Crippen molar-refractivity contribution in [2.24, 2.45) is 47.3 Å². The zero-order chi connectivity index (χ0) is 39.5. The summed E-state index contributed by atoms with van der Waals surface area (Å²) in [5.41, 5.74) is 5.94. The van der Waals surface area contributed by atoms with Gasteiger partial charge in [0.25, 0.3) is 0 Å². The van der Waals surface area contributed by atoms with Gasteiger partial charge in [-0.2, -0.15) is 29.3 Å². The van der Waals surface area contributed by atoms with Crippen LogP contribution in [-0.4, -0.2) is 13.2 Å². The Morgan fingerprint density at radius 1 is 0.548 bits per heavy atom. The summed E-state index contributed by atoms with van der Waals surface area (Å²) < 4.78 is 4.83. The quantitative estimate of drug-likeness (QED) is 0.234. The molecule has 344 valence electrons. The number of aryl methyl sites for hydroxylation is 2. The van der Waals surface area contributed by atoms with Crippen molar-refractivity contribution < 1.29 is 111 Å². The first kappa shape index (κ1) is 72.9. The van der Waals surface area contributed by atoms with Gasteiger partial charge in [0.05, 0.1) is 0 Å². The first-order valence-corrected chi connectivity index (χ1v) is 41.3. The fourth-order valence-corrected chi connectivity index (χ4v) is 12.2. The van der Waals surface area contributed by atoms with E-state index in [4.69, 9.17) is 55.8 Å². The van der Waals surface area contributed by atoms with Gasteiger partial charge in [-0.25, -0.2) is 0 Å². The molecule has 62 heavy (non-hydrogen) atoms. The van der Waals surface area contributed by atoms with Gasteiger partial charge >= 0.3 is 144 Å². The van der Waals surface area contributed by atoms with E-state index in [0.29, 0.717) is 0 Å². The Bertz CT molecular complexity index is 1280. The fourth-order valence-electron chi connectivity index (χ4n) is 12.2. The second-order valence-corrected chi connectivity index (χ2v) is 43.4. The second kappa shape index (κ2) is 42.0. The summed E-state index contributed by atoms with van der Waals surface area (Å²) in [6.45, 7) is 5.67. The van der Waals surface area contributed by atoms with Gasteiger partial charge in [0.1, 0.15) is 0 Å². The Kier molecular flexibility index (Phi) is 49.4. The number of ether oxygens (including phenoxy) is 1. The molecule has 0 amide bonds. The van der Waals surface area contributed by atoms with Crippen molar-refractivity contribution in [3.8, 4) is 11.1 Å². The van der Waals surface area contributed by atoms with E-state index in [0.717, 1.165) is 36.9 Å². The third-order valence-corrected chi connectivity index (χ3v) is 14.3. The molecule has 0 N–H and O–H groups in total. The average Bonchev–Trinajstić information content (AvgIpc) is 3.89. The van der Waals surface area contributed by atoms with Crippen molar-refractivity contribution in [2.75, 3.05) is 13.2 Å². The molecule has 2 aromatic carbocycles. The number of hydrogen-bond donors (Lipinski definition) is 0. The first-order chi connectivity index (χ1) is 26.7. The van der Waals surface area contributed by atoms with E-state index in [-0.39, 0.29) is 97.7 Å². The van der Waals surface area contributed by atoms with E-state index in [1.807, 2.05) is 13.8 Å². The van der Waals surface area contributed by atoms with Gasteiger partial charge in [0.15, 0.2) is 0 Å². The predicted octanol–water partition coefficient (Wildman–Crippen LogP) is 6.97. The van der Waals surface area contributed by atoms with Crippen molar-refractivity contribution in [3.05, 3.63) is 68.4 Å². The van der Waals surface area contributed by atoms with Crippen LogP contribution >= 0.6 is 63.5 Å². The fraction of sp³-hybridized carbons (Fsp3) is 0.729. The third kappa shape index (κ3) is 26.2. The SMILES string of the molecule is C1CCC2C(C1)CCCC1CCCC12.C1CCC2C(C1)CCCC1CCCC12.CCOCC.Cl.[CH3-].[CH3-].[Cl-].[Cl][Zr+2][Cl].[Cl][Zr]([Cl])([Cl])[Cl].[H-].[Li+].[Li+].[Li+].c1ccc2c(c1)CCCc1c[cH-]cc1-2. The van der Waals surface area contributed by atoms with Crippen LogP contribution in [-0.2, 0) is 53.9 Å². The van der Waals surface area contributed by atoms with Crippen LogP contribution in [0.1, 0.15) is 161 Å². The van der Waals surface area contributed by atoms with E-state index >= 15 is 0 Å². The molecule has 0 bridgehead atoms. The summed E-state index contributed by atoms with van der Waals surface area (Å²) >= 11 is -4.12. The molecule has 0 spiro atoms. The van der Waals surface area contributed by atoms with E-state index in [1.54, 1.807) is 128 Å². The summed E-state index contributed by atoms with van der Waals surface area (Å²) in [6.07, 6.45) is 35.1. The summed E-state index contributed by atoms with van der Waals surface area (Å²) in [6, 6.07) is 15.5. The smallest absolute Gasteiger partial charge is 1.00 e. The van der Waals surface area contributed by atoms with Crippen LogP contribution < -0.4 is 69.0 Å². The number of halogens is 8. The predicted molar refractivity (Wildman–Crippen MR) is 258 cm³/mol. The molecule has 8 atom stereocenters. The molecule has 0 saturated heterocycles. The molecule has 0 radical (unpaired) electrons. The van der Waals surface area contributed by atoms with Crippen LogP contribution in [0.4, 0.5) is 0 Å². The topological polar surface area (TPSA) is 9.23 Å². The molecular weight excluding hydrogens is 1080 g/mol. The van der Waals surface area contributed by atoms with Crippen LogP contribution in [0, 0.1) is 62.2 Å². The van der Waals surface area contributed by atoms with Gasteiger partial charge < -0.3 is 33.4 Å². The van der Waals surface area contributed by atoms with Gasteiger partial charge in [0.2, 0.25) is 0 Å². The van der Waals surface area contributed by atoms with E-state index in [1.165, 1.54) is 65.2 Å². The van der Waals surface area contributed by atoms with Gasteiger partial charge in [-0.05, 0) is 93.3 Å². The minimum absolute atomic E-state index is 0. The minimum atomic E-state index is -3.29. The summed E-state index contributed by atoms with van der Waals surface area (Å²) in [7, 11) is 30.0. The van der Waals surface area contributed by atoms with Crippen molar-refractivity contribution in [3.63, 3.8) is 0 Å². The monoisotopic (exact) mass is 1150 g/mol. The molecular formula is C48H79Cl8Li3OZr2. The van der Waals surface area contributed by atoms with Gasteiger partial charge in [-0.15, -0.1) is 12.4 Å². The van der Waals surface area contributed by atoms with E-state index in [9.17, 15) is 0 Å². The summed E-state index contributed by atoms with van der Waals surface area (Å²) in [4.78, 5) is 0. The number of benzene rings is 1. The Morgan fingerprint density at radius 3 is 1.26 bits per heavy atom. The number of rotatable bonds is 2. The van der Waals surface area contributed by atoms with E-state index in [2.05, 4.69) is 42.5 Å². The maximum absolute atomic E-state index is 5.04. The molecule has 2 aromatic rings. The normalized spacial score (nSPS) is 26.7. The molecule has 6 saturated carbocycles. The molecule has 0 heterocycles. The molecule has 1 nitrogen and oxygen atoms in total. The maximum Gasteiger partial charge on any atom is 1.00 e. The van der Waals surface area contributed by atoms with Crippen LogP contribution in [0.2, 0.25) is 0 Å². The Balaban J connectivity index is -0.000000222. The Morgan fingerprint density at radius 2 is 0.871 bits per heavy atom. The standard InChI is InChI=1S/2C14H24.C14H13.C4H10O.2CH3.8ClH.3Li.2Zr.H/c3*1-2-9-13-11(5-1)6-3-7-12-8-4-10-14(12)13;1-3-5-4-2;;;;;;;;;;;;;;;;/h2*11-14H,1-10H2;1-2,4-5,8-10H,3,6-7H2;3-4H2,1-2H3;2*1H3;8*1H;;;;;;/q;;-1;;2*-1;;;;;;;;;3*+1;2*+4;-1/p-7. The van der Waals surface area contributed by atoms with Crippen molar-refractivity contribution in [2.45, 2.75) is 162 Å². The van der Waals surface area contributed by atoms with Crippen molar-refractivity contribution in [1.82, 2.24) is 0 Å². The van der Waals surface area contributed by atoms with Crippen LogP contribution in [0.5, 0.6) is 0 Å². The first-order valence-electron chi connectivity index (χ1n) is 22.3. The largest absolute Gasteiger partial charge is 1.00 e. The van der Waals surface area contributed by atoms with Gasteiger partial charge in [-0.1, -0.05) is 151 Å². The van der Waals surface area contributed by atoms with Crippen molar-refractivity contribution in [1.29, 1.82) is 0 Å². The number of fused-ring (bicyclic) bond motifs is 9.